The summed E-state index contributed by atoms with van der Waals surface area (Å²) in [5.74, 6) is -3.94. The zero-order chi connectivity index (χ0) is 17.9. The van der Waals surface area contributed by atoms with Gasteiger partial charge in [-0.3, -0.25) is 29.2 Å². The molecule has 0 aliphatic carbocycles. The highest BCUT2D eigenvalue weighted by Gasteiger charge is 2.27. The molecule has 0 spiro atoms. The monoisotopic (exact) mass is 331 g/mol. The molecule has 1 aliphatic heterocycles. The van der Waals surface area contributed by atoms with Crippen molar-refractivity contribution >= 4 is 35.2 Å². The summed E-state index contributed by atoms with van der Waals surface area (Å²) >= 11 is 0. The highest BCUT2D eigenvalue weighted by molar-refractivity contribution is 6.28. The third-order valence-electron chi connectivity index (χ3n) is 3.17. The van der Waals surface area contributed by atoms with Crippen molar-refractivity contribution in [3.63, 3.8) is 0 Å². The molecule has 1 aromatic rings. The van der Waals surface area contributed by atoms with E-state index in [4.69, 9.17) is 5.73 Å². The third-order valence-corrected chi connectivity index (χ3v) is 3.17. The molecule has 5 amide bonds. The smallest absolute Gasteiger partial charge is 0.284 e. The van der Waals surface area contributed by atoms with Crippen LogP contribution in [0.4, 0.5) is 5.69 Å². The summed E-state index contributed by atoms with van der Waals surface area (Å²) in [6.45, 7) is 0. The van der Waals surface area contributed by atoms with Crippen molar-refractivity contribution in [2.75, 3.05) is 4.90 Å². The highest BCUT2D eigenvalue weighted by Crippen LogP contribution is 2.21. The molecule has 0 saturated carbocycles. The minimum atomic E-state index is -1.06. The van der Waals surface area contributed by atoms with E-state index in [2.05, 4.69) is 0 Å². The van der Waals surface area contributed by atoms with Crippen molar-refractivity contribution < 1.29 is 29.2 Å². The third kappa shape index (κ3) is 3.52. The maximum atomic E-state index is 12.1. The van der Waals surface area contributed by atoms with Gasteiger partial charge in [-0.15, -0.1) is 0 Å². The van der Waals surface area contributed by atoms with Gasteiger partial charge in [0.1, 0.15) is 0 Å². The van der Waals surface area contributed by atoms with E-state index in [1.807, 2.05) is 0 Å². The largest absolute Gasteiger partial charge is 0.370 e. The molecule has 9 nitrogen and oxygen atoms in total. The van der Waals surface area contributed by atoms with E-state index < -0.39 is 36.0 Å². The Kier molecular flexibility index (Phi) is 4.85. The molecule has 0 fully saturated rings. The summed E-state index contributed by atoms with van der Waals surface area (Å²) in [6.07, 6.45) is 1.43. The Morgan fingerprint density at radius 2 is 1.71 bits per heavy atom. The molecule has 124 valence electrons. The molecular formula is C15H13N3O6. The quantitative estimate of drug-likeness (QED) is 0.433. The first kappa shape index (κ1) is 17.0. The number of nitrogens with zero attached hydrogens (tertiary/aromatic N) is 2. The Hall–Kier alpha value is -3.33. The van der Waals surface area contributed by atoms with Gasteiger partial charge in [-0.25, -0.2) is 4.90 Å². The van der Waals surface area contributed by atoms with Crippen molar-refractivity contribution in [3.05, 3.63) is 42.0 Å². The van der Waals surface area contributed by atoms with E-state index in [-0.39, 0.29) is 22.7 Å². The number of imide groups is 2. The molecule has 1 heterocycles. The number of hydrogen-bond donors (Lipinski definition) is 2. The van der Waals surface area contributed by atoms with Gasteiger partial charge < -0.3 is 5.73 Å². The molecule has 0 radical (unpaired) electrons. The minimum absolute atomic E-state index is 0.116. The fourth-order valence-electron chi connectivity index (χ4n) is 2.00. The van der Waals surface area contributed by atoms with E-state index in [0.717, 1.165) is 17.1 Å². The lowest BCUT2D eigenvalue weighted by Crippen LogP contribution is -2.35. The summed E-state index contributed by atoms with van der Waals surface area (Å²) in [5.41, 5.74) is 4.90. The molecule has 0 saturated heterocycles. The Morgan fingerprint density at radius 1 is 1.08 bits per heavy atom. The van der Waals surface area contributed by atoms with Crippen LogP contribution in [-0.2, 0) is 19.2 Å². The Labute approximate surface area is 135 Å². The first-order chi connectivity index (χ1) is 11.3. The molecule has 1 aromatic carbocycles. The summed E-state index contributed by atoms with van der Waals surface area (Å²) in [6, 6.07) is 5.31. The van der Waals surface area contributed by atoms with Crippen molar-refractivity contribution in [2.45, 2.75) is 12.8 Å². The topological polar surface area (TPSA) is 138 Å². The maximum absolute atomic E-state index is 12.1. The molecular weight excluding hydrogens is 318 g/mol. The Balaban J connectivity index is 2.17. The van der Waals surface area contributed by atoms with Crippen molar-refractivity contribution in [1.29, 1.82) is 0 Å². The Morgan fingerprint density at radius 3 is 2.29 bits per heavy atom. The zero-order valence-electron chi connectivity index (χ0n) is 12.3. The van der Waals surface area contributed by atoms with Crippen LogP contribution in [0.25, 0.3) is 0 Å². The lowest BCUT2D eigenvalue weighted by molar-refractivity contribution is -0.154. The van der Waals surface area contributed by atoms with E-state index in [9.17, 15) is 29.2 Å². The van der Waals surface area contributed by atoms with Crippen LogP contribution >= 0.6 is 0 Å². The standard InChI is InChI=1S/C15H13N3O6/c16-11(19)4-5-14(22)18(24)15(23)9-2-1-3-10(8-9)17-12(20)6-7-13(17)21/h1-3,6-8,24H,4-5H2,(H2,16,19). The maximum Gasteiger partial charge on any atom is 0.284 e. The van der Waals surface area contributed by atoms with Gasteiger partial charge in [-0.05, 0) is 18.2 Å². The van der Waals surface area contributed by atoms with Gasteiger partial charge in [0.05, 0.1) is 5.69 Å². The van der Waals surface area contributed by atoms with Gasteiger partial charge in [0.25, 0.3) is 23.6 Å². The first-order valence-corrected chi connectivity index (χ1v) is 6.82. The average Bonchev–Trinajstić information content (AvgIpc) is 2.90. The second-order valence-corrected chi connectivity index (χ2v) is 4.87. The van der Waals surface area contributed by atoms with Crippen LogP contribution in [0.5, 0.6) is 0 Å². The second kappa shape index (κ2) is 6.84. The lowest BCUT2D eigenvalue weighted by atomic mass is 10.1. The summed E-state index contributed by atoms with van der Waals surface area (Å²) in [7, 11) is 0. The number of amides is 5. The molecule has 3 N–H and O–H groups in total. The Bertz CT molecular complexity index is 752. The molecule has 0 unspecified atom stereocenters. The average molecular weight is 331 g/mol. The van der Waals surface area contributed by atoms with Gasteiger partial charge >= 0.3 is 0 Å². The molecule has 0 aromatic heterocycles. The number of hydrogen-bond acceptors (Lipinski definition) is 6. The van der Waals surface area contributed by atoms with E-state index in [0.29, 0.717) is 0 Å². The number of benzene rings is 1. The number of hydroxylamine groups is 2. The van der Waals surface area contributed by atoms with Gasteiger partial charge in [0.2, 0.25) is 5.91 Å². The van der Waals surface area contributed by atoms with Crippen LogP contribution in [-0.4, -0.2) is 39.8 Å². The summed E-state index contributed by atoms with van der Waals surface area (Å²) in [5, 5.41) is 9.50. The summed E-state index contributed by atoms with van der Waals surface area (Å²) < 4.78 is 0. The van der Waals surface area contributed by atoms with Crippen LogP contribution in [0.3, 0.4) is 0 Å². The number of primary amides is 1. The van der Waals surface area contributed by atoms with Gasteiger partial charge in [0.15, 0.2) is 0 Å². The molecule has 0 bridgehead atoms. The normalized spacial score (nSPS) is 13.3. The number of rotatable bonds is 5. The van der Waals surface area contributed by atoms with Crippen molar-refractivity contribution in [3.8, 4) is 0 Å². The van der Waals surface area contributed by atoms with Crippen LogP contribution in [0, 0.1) is 0 Å². The highest BCUT2D eigenvalue weighted by atomic mass is 16.5. The predicted octanol–water partition coefficient (Wildman–Crippen LogP) is -0.261. The van der Waals surface area contributed by atoms with E-state index in [1.54, 1.807) is 0 Å². The zero-order valence-corrected chi connectivity index (χ0v) is 12.3. The fourth-order valence-corrected chi connectivity index (χ4v) is 2.00. The number of anilines is 1. The van der Waals surface area contributed by atoms with Gasteiger partial charge in [-0.1, -0.05) is 6.07 Å². The number of carbonyl (C=O) groups excluding carboxylic acids is 5. The van der Waals surface area contributed by atoms with Crippen molar-refractivity contribution in [2.24, 2.45) is 5.73 Å². The molecule has 9 heteroatoms. The predicted molar refractivity (Wildman–Crippen MR) is 79.5 cm³/mol. The SMILES string of the molecule is NC(=O)CCC(=O)N(O)C(=O)c1cccc(N2C(=O)C=CC2=O)c1. The lowest BCUT2D eigenvalue weighted by Gasteiger charge is -2.16. The number of nitrogens with two attached hydrogens (primary N) is 1. The van der Waals surface area contributed by atoms with Crippen LogP contribution in [0.15, 0.2) is 36.4 Å². The van der Waals surface area contributed by atoms with Gasteiger partial charge in [-0.2, -0.15) is 5.06 Å². The summed E-state index contributed by atoms with van der Waals surface area (Å²) in [4.78, 5) is 58.5. The van der Waals surface area contributed by atoms with Crippen LogP contribution < -0.4 is 10.6 Å². The fraction of sp³-hybridized carbons (Fsp3) is 0.133. The van der Waals surface area contributed by atoms with E-state index >= 15 is 0 Å². The number of carbonyl (C=O) groups is 5. The molecule has 2 rings (SSSR count). The molecule has 24 heavy (non-hydrogen) atoms. The van der Waals surface area contributed by atoms with Gasteiger partial charge in [0, 0.05) is 30.6 Å². The first-order valence-electron chi connectivity index (χ1n) is 6.82. The minimum Gasteiger partial charge on any atom is -0.370 e. The van der Waals surface area contributed by atoms with Crippen LogP contribution in [0.2, 0.25) is 0 Å². The van der Waals surface area contributed by atoms with E-state index in [1.165, 1.54) is 24.3 Å². The van der Waals surface area contributed by atoms with Crippen LogP contribution in [0.1, 0.15) is 23.2 Å². The van der Waals surface area contributed by atoms with Crippen molar-refractivity contribution in [1.82, 2.24) is 5.06 Å². The second-order valence-electron chi connectivity index (χ2n) is 4.87. The molecule has 0 atom stereocenters. The molecule has 1 aliphatic rings.